The lowest BCUT2D eigenvalue weighted by molar-refractivity contribution is 0.279. The van der Waals surface area contributed by atoms with E-state index >= 15 is 0 Å². The lowest BCUT2D eigenvalue weighted by Gasteiger charge is -2.07. The van der Waals surface area contributed by atoms with Gasteiger partial charge < -0.3 is 9.47 Å². The molecule has 0 spiro atoms. The van der Waals surface area contributed by atoms with Crippen LogP contribution in [0.1, 0.15) is 16.3 Å². The summed E-state index contributed by atoms with van der Waals surface area (Å²) in [5, 5.41) is 6.55. The number of halogens is 1. The predicted octanol–water partition coefficient (Wildman–Crippen LogP) is 3.41. The van der Waals surface area contributed by atoms with Crippen molar-refractivity contribution in [2.45, 2.75) is 13.5 Å². The van der Waals surface area contributed by atoms with Gasteiger partial charge in [0.2, 0.25) is 0 Å². The van der Waals surface area contributed by atoms with Crippen molar-refractivity contribution in [3.63, 3.8) is 0 Å². The number of ether oxygens (including phenoxy) is 2. The van der Waals surface area contributed by atoms with Crippen LogP contribution in [0.2, 0.25) is 0 Å². The number of nitrogens with zero attached hydrogens (tertiary/aromatic N) is 4. The Morgan fingerprint density at radius 3 is 3.00 bits per heavy atom. The minimum absolute atomic E-state index is 0.0389. The van der Waals surface area contributed by atoms with E-state index in [0.717, 1.165) is 23.2 Å². The standard InChI is InChI=1S/C17H16FN5O2S/c1-11-10-26-15(21-11)8-20-23-16-14(18)7-19-17(22-16)25-9-12-4-3-5-13(6-12)24-2/h3-8,10H,9H2,1-2H3,(H,19,22,23)/b20-8-. The van der Waals surface area contributed by atoms with Gasteiger partial charge in [-0.1, -0.05) is 12.1 Å². The quantitative estimate of drug-likeness (QED) is 0.505. The van der Waals surface area contributed by atoms with Crippen LogP contribution in [0.3, 0.4) is 0 Å². The normalized spacial score (nSPS) is 10.9. The number of aromatic nitrogens is 3. The summed E-state index contributed by atoms with van der Waals surface area (Å²) in [6.07, 6.45) is 2.52. The van der Waals surface area contributed by atoms with E-state index < -0.39 is 5.82 Å². The predicted molar refractivity (Wildman–Crippen MR) is 97.4 cm³/mol. The van der Waals surface area contributed by atoms with Crippen LogP contribution in [0.4, 0.5) is 10.2 Å². The van der Waals surface area contributed by atoms with Gasteiger partial charge in [0.15, 0.2) is 11.6 Å². The maximum atomic E-state index is 13.8. The highest BCUT2D eigenvalue weighted by molar-refractivity contribution is 7.11. The first kappa shape index (κ1) is 17.7. The molecule has 134 valence electrons. The highest BCUT2D eigenvalue weighted by atomic mass is 32.1. The van der Waals surface area contributed by atoms with Crippen molar-refractivity contribution in [3.8, 4) is 11.8 Å². The van der Waals surface area contributed by atoms with Gasteiger partial charge in [-0.25, -0.2) is 14.4 Å². The summed E-state index contributed by atoms with van der Waals surface area (Å²) in [4.78, 5) is 12.0. The van der Waals surface area contributed by atoms with Gasteiger partial charge in [0, 0.05) is 11.1 Å². The van der Waals surface area contributed by atoms with Gasteiger partial charge in [-0.15, -0.1) is 11.3 Å². The molecule has 0 saturated carbocycles. The number of anilines is 1. The number of hydrogen-bond acceptors (Lipinski definition) is 8. The Labute approximate surface area is 153 Å². The van der Waals surface area contributed by atoms with Gasteiger partial charge in [-0.3, -0.25) is 5.43 Å². The lowest BCUT2D eigenvalue weighted by Crippen LogP contribution is -2.04. The van der Waals surface area contributed by atoms with Gasteiger partial charge >= 0.3 is 6.01 Å². The molecule has 0 saturated heterocycles. The smallest absolute Gasteiger partial charge is 0.318 e. The van der Waals surface area contributed by atoms with E-state index in [1.807, 2.05) is 36.6 Å². The maximum Gasteiger partial charge on any atom is 0.318 e. The third-order valence-electron chi connectivity index (χ3n) is 3.21. The number of methoxy groups -OCH3 is 1. The third kappa shape index (κ3) is 4.73. The van der Waals surface area contributed by atoms with Crippen molar-refractivity contribution in [3.05, 3.63) is 57.9 Å². The Morgan fingerprint density at radius 2 is 2.23 bits per heavy atom. The molecular weight excluding hydrogens is 357 g/mol. The minimum atomic E-state index is -0.633. The van der Waals surface area contributed by atoms with Crippen LogP contribution in [0.5, 0.6) is 11.8 Å². The minimum Gasteiger partial charge on any atom is -0.497 e. The van der Waals surface area contributed by atoms with Crippen molar-refractivity contribution in [1.29, 1.82) is 0 Å². The van der Waals surface area contributed by atoms with E-state index in [-0.39, 0.29) is 18.4 Å². The first-order valence-electron chi connectivity index (χ1n) is 7.63. The van der Waals surface area contributed by atoms with Crippen LogP contribution in [-0.4, -0.2) is 28.3 Å². The van der Waals surface area contributed by atoms with Gasteiger partial charge in [-0.2, -0.15) is 10.1 Å². The summed E-state index contributed by atoms with van der Waals surface area (Å²) in [6, 6.07) is 7.44. The summed E-state index contributed by atoms with van der Waals surface area (Å²) in [5.41, 5.74) is 4.32. The van der Waals surface area contributed by atoms with E-state index in [0.29, 0.717) is 5.01 Å². The SMILES string of the molecule is COc1cccc(COc2ncc(F)c(N/N=C\c3nc(C)cs3)n2)c1. The maximum absolute atomic E-state index is 13.8. The van der Waals surface area contributed by atoms with Crippen LogP contribution in [-0.2, 0) is 6.61 Å². The molecule has 0 bridgehead atoms. The summed E-state index contributed by atoms with van der Waals surface area (Å²) in [6.45, 7) is 2.11. The number of hydrazone groups is 1. The first-order valence-corrected chi connectivity index (χ1v) is 8.51. The van der Waals surface area contributed by atoms with E-state index in [2.05, 4.69) is 25.5 Å². The molecule has 3 rings (SSSR count). The fraction of sp³-hybridized carbons (Fsp3) is 0.176. The topological polar surface area (TPSA) is 81.5 Å². The molecule has 2 heterocycles. The van der Waals surface area contributed by atoms with Crippen LogP contribution in [0.25, 0.3) is 0 Å². The molecular formula is C17H16FN5O2S. The fourth-order valence-corrected chi connectivity index (χ4v) is 2.64. The second kappa shape index (κ2) is 8.34. The third-order valence-corrected chi connectivity index (χ3v) is 4.10. The monoisotopic (exact) mass is 373 g/mol. The number of thiazole rings is 1. The van der Waals surface area contributed by atoms with Crippen molar-refractivity contribution in [1.82, 2.24) is 15.0 Å². The lowest BCUT2D eigenvalue weighted by atomic mass is 10.2. The summed E-state index contributed by atoms with van der Waals surface area (Å²) >= 11 is 1.44. The van der Waals surface area contributed by atoms with Crippen molar-refractivity contribution < 1.29 is 13.9 Å². The van der Waals surface area contributed by atoms with Crippen LogP contribution in [0, 0.1) is 12.7 Å². The first-order chi connectivity index (χ1) is 12.6. The molecule has 3 aromatic rings. The molecule has 0 aliphatic heterocycles. The molecule has 26 heavy (non-hydrogen) atoms. The van der Waals surface area contributed by atoms with Gasteiger partial charge in [0.1, 0.15) is 17.4 Å². The average molecular weight is 373 g/mol. The zero-order chi connectivity index (χ0) is 18.4. The van der Waals surface area contributed by atoms with Crippen molar-refractivity contribution in [2.75, 3.05) is 12.5 Å². The highest BCUT2D eigenvalue weighted by Crippen LogP contribution is 2.17. The van der Waals surface area contributed by atoms with Crippen LogP contribution < -0.4 is 14.9 Å². The second-order valence-electron chi connectivity index (χ2n) is 5.19. The molecule has 0 unspecified atom stereocenters. The molecule has 0 fully saturated rings. The molecule has 0 amide bonds. The number of benzene rings is 1. The van der Waals surface area contributed by atoms with Crippen LogP contribution in [0.15, 0.2) is 40.9 Å². The van der Waals surface area contributed by atoms with Crippen LogP contribution >= 0.6 is 11.3 Å². The number of nitrogens with one attached hydrogen (secondary N) is 1. The zero-order valence-electron chi connectivity index (χ0n) is 14.1. The molecule has 1 aromatic carbocycles. The zero-order valence-corrected chi connectivity index (χ0v) is 15.0. The van der Waals surface area contributed by atoms with E-state index in [1.54, 1.807) is 7.11 Å². The highest BCUT2D eigenvalue weighted by Gasteiger charge is 2.08. The van der Waals surface area contributed by atoms with Crippen molar-refractivity contribution >= 4 is 23.4 Å². The largest absolute Gasteiger partial charge is 0.497 e. The Kier molecular flexibility index (Phi) is 5.69. The number of aryl methyl sites for hydroxylation is 1. The number of hydrogen-bond donors (Lipinski definition) is 1. The fourth-order valence-electron chi connectivity index (χ4n) is 1.99. The van der Waals surface area contributed by atoms with E-state index in [1.165, 1.54) is 17.6 Å². The van der Waals surface area contributed by atoms with E-state index in [4.69, 9.17) is 9.47 Å². The second-order valence-corrected chi connectivity index (χ2v) is 6.08. The molecule has 9 heteroatoms. The molecule has 1 N–H and O–H groups in total. The van der Waals surface area contributed by atoms with Gasteiger partial charge in [-0.05, 0) is 24.6 Å². The van der Waals surface area contributed by atoms with E-state index in [9.17, 15) is 4.39 Å². The summed E-state index contributed by atoms with van der Waals surface area (Å²) in [5.74, 6) is 0.0108. The van der Waals surface area contributed by atoms with Gasteiger partial charge in [0.25, 0.3) is 0 Å². The molecule has 2 aromatic heterocycles. The number of rotatable bonds is 7. The Bertz CT molecular complexity index is 916. The Morgan fingerprint density at radius 1 is 1.35 bits per heavy atom. The molecule has 0 aliphatic rings. The Balaban J connectivity index is 1.64. The Hall–Kier alpha value is -3.07. The molecule has 0 radical (unpaired) electrons. The molecule has 0 aliphatic carbocycles. The molecule has 0 atom stereocenters. The van der Waals surface area contributed by atoms with Gasteiger partial charge in [0.05, 0.1) is 19.5 Å². The van der Waals surface area contributed by atoms with Crippen molar-refractivity contribution in [2.24, 2.45) is 5.10 Å². The molecule has 7 nitrogen and oxygen atoms in total. The summed E-state index contributed by atoms with van der Waals surface area (Å²) in [7, 11) is 1.59. The average Bonchev–Trinajstić information content (AvgIpc) is 3.07. The summed E-state index contributed by atoms with van der Waals surface area (Å²) < 4.78 is 24.5.